The smallest absolute Gasteiger partial charge is 0.237 e. The lowest BCUT2D eigenvalue weighted by Crippen LogP contribution is -2.41. The van der Waals surface area contributed by atoms with E-state index in [1.165, 1.54) is 0 Å². The third-order valence-corrected chi connectivity index (χ3v) is 4.38. The first-order chi connectivity index (χ1) is 11.5. The number of methoxy groups -OCH3 is 2. The van der Waals surface area contributed by atoms with E-state index in [9.17, 15) is 4.79 Å². The summed E-state index contributed by atoms with van der Waals surface area (Å²) >= 11 is 3.47. The van der Waals surface area contributed by atoms with Crippen LogP contribution < -0.4 is 20.5 Å². The van der Waals surface area contributed by atoms with Crippen LogP contribution in [0.25, 0.3) is 0 Å². The Morgan fingerprint density at radius 3 is 2.42 bits per heavy atom. The van der Waals surface area contributed by atoms with Crippen LogP contribution in [-0.4, -0.2) is 26.2 Å². The van der Waals surface area contributed by atoms with Crippen molar-refractivity contribution in [1.82, 2.24) is 5.32 Å². The van der Waals surface area contributed by atoms with Crippen LogP contribution in [0.2, 0.25) is 0 Å². The summed E-state index contributed by atoms with van der Waals surface area (Å²) in [6.07, 6.45) is 0.500. The number of nitrogens with two attached hydrogens (primary N) is 1. The molecule has 5 nitrogen and oxygen atoms in total. The second kappa shape index (κ2) is 8.70. The van der Waals surface area contributed by atoms with Gasteiger partial charge in [-0.15, -0.1) is 0 Å². The second-order valence-electron chi connectivity index (χ2n) is 5.31. The monoisotopic (exact) mass is 392 g/mol. The van der Waals surface area contributed by atoms with Crippen LogP contribution in [-0.2, 0) is 17.8 Å². The predicted molar refractivity (Wildman–Crippen MR) is 97.2 cm³/mol. The zero-order chi connectivity index (χ0) is 17.5. The topological polar surface area (TPSA) is 73.6 Å². The molecule has 0 fully saturated rings. The van der Waals surface area contributed by atoms with Gasteiger partial charge in [0.2, 0.25) is 5.91 Å². The van der Waals surface area contributed by atoms with E-state index >= 15 is 0 Å². The molecule has 0 heterocycles. The summed E-state index contributed by atoms with van der Waals surface area (Å²) in [5.41, 5.74) is 7.90. The first-order valence-electron chi connectivity index (χ1n) is 7.52. The third-order valence-electron chi connectivity index (χ3n) is 3.64. The summed E-state index contributed by atoms with van der Waals surface area (Å²) in [5, 5.41) is 2.86. The SMILES string of the molecule is COc1cc(Br)c(CNC(=O)[C@@H](N)Cc2ccccc2)cc1OC. The normalized spacial score (nSPS) is 11.7. The molecule has 0 aliphatic rings. The van der Waals surface area contributed by atoms with Crippen LogP contribution in [0.15, 0.2) is 46.9 Å². The lowest BCUT2D eigenvalue weighted by atomic mass is 10.1. The van der Waals surface area contributed by atoms with Crippen molar-refractivity contribution in [1.29, 1.82) is 0 Å². The summed E-state index contributed by atoms with van der Waals surface area (Å²) in [6.45, 7) is 0.349. The van der Waals surface area contributed by atoms with Gasteiger partial charge < -0.3 is 20.5 Å². The molecule has 0 bridgehead atoms. The molecule has 0 aromatic heterocycles. The first-order valence-corrected chi connectivity index (χ1v) is 8.32. The number of hydrogen-bond donors (Lipinski definition) is 2. The van der Waals surface area contributed by atoms with E-state index < -0.39 is 6.04 Å². The van der Waals surface area contributed by atoms with Gasteiger partial charge in [-0.05, 0) is 29.7 Å². The van der Waals surface area contributed by atoms with Gasteiger partial charge in [-0.2, -0.15) is 0 Å². The van der Waals surface area contributed by atoms with Crippen molar-refractivity contribution in [2.75, 3.05) is 14.2 Å². The summed E-state index contributed by atoms with van der Waals surface area (Å²) < 4.78 is 11.4. The van der Waals surface area contributed by atoms with Crippen LogP contribution in [0.5, 0.6) is 11.5 Å². The van der Waals surface area contributed by atoms with E-state index in [0.717, 1.165) is 15.6 Å². The molecule has 2 rings (SSSR count). The van der Waals surface area contributed by atoms with Gasteiger partial charge in [0.1, 0.15) is 0 Å². The molecule has 1 atom stereocenters. The lowest BCUT2D eigenvalue weighted by molar-refractivity contribution is -0.122. The standard InChI is InChI=1S/C18H21BrN2O3/c1-23-16-9-13(14(19)10-17(16)24-2)11-21-18(22)15(20)8-12-6-4-3-5-7-12/h3-7,9-10,15H,8,11,20H2,1-2H3,(H,21,22)/t15-/m0/s1. The van der Waals surface area contributed by atoms with E-state index in [1.54, 1.807) is 14.2 Å². The molecule has 1 amide bonds. The second-order valence-corrected chi connectivity index (χ2v) is 6.17. The maximum absolute atomic E-state index is 12.2. The maximum Gasteiger partial charge on any atom is 0.237 e. The molecule has 0 unspecified atom stereocenters. The minimum absolute atomic E-state index is 0.194. The Kier molecular flexibility index (Phi) is 6.63. The molecule has 128 valence electrons. The van der Waals surface area contributed by atoms with Crippen molar-refractivity contribution in [2.24, 2.45) is 5.73 Å². The molecule has 6 heteroatoms. The molecular weight excluding hydrogens is 372 g/mol. The fraction of sp³-hybridized carbons (Fsp3) is 0.278. The minimum atomic E-state index is -0.591. The van der Waals surface area contributed by atoms with E-state index in [2.05, 4.69) is 21.2 Å². The summed E-state index contributed by atoms with van der Waals surface area (Å²) in [5.74, 6) is 1.04. The molecule has 2 aromatic rings. The number of carbonyl (C=O) groups excluding carboxylic acids is 1. The summed E-state index contributed by atoms with van der Waals surface area (Å²) in [7, 11) is 3.15. The van der Waals surface area contributed by atoms with Gasteiger partial charge in [0, 0.05) is 11.0 Å². The number of carbonyl (C=O) groups is 1. The molecule has 3 N–H and O–H groups in total. The Labute approximate surface area is 150 Å². The van der Waals surface area contributed by atoms with Crippen LogP contribution in [0, 0.1) is 0 Å². The Bertz CT molecular complexity index is 692. The molecule has 2 aromatic carbocycles. The molecule has 24 heavy (non-hydrogen) atoms. The maximum atomic E-state index is 12.2. The Balaban J connectivity index is 1.98. The zero-order valence-electron chi connectivity index (χ0n) is 13.7. The van der Waals surface area contributed by atoms with Crippen molar-refractivity contribution in [3.63, 3.8) is 0 Å². The van der Waals surface area contributed by atoms with Gasteiger partial charge in [0.25, 0.3) is 0 Å². The number of benzene rings is 2. The third kappa shape index (κ3) is 4.72. The highest BCUT2D eigenvalue weighted by Gasteiger charge is 2.15. The molecule has 0 saturated heterocycles. The van der Waals surface area contributed by atoms with Crippen molar-refractivity contribution >= 4 is 21.8 Å². The molecule has 0 radical (unpaired) electrons. The highest BCUT2D eigenvalue weighted by atomic mass is 79.9. The molecule has 0 saturated carbocycles. The number of amides is 1. The Morgan fingerprint density at radius 2 is 1.79 bits per heavy atom. The number of nitrogens with one attached hydrogen (secondary N) is 1. The van der Waals surface area contributed by atoms with Gasteiger partial charge in [-0.1, -0.05) is 46.3 Å². The quantitative estimate of drug-likeness (QED) is 0.759. The highest BCUT2D eigenvalue weighted by molar-refractivity contribution is 9.10. The van der Waals surface area contributed by atoms with E-state index in [-0.39, 0.29) is 5.91 Å². The first kappa shape index (κ1) is 18.3. The summed E-state index contributed by atoms with van der Waals surface area (Å²) in [6, 6.07) is 12.8. The highest BCUT2D eigenvalue weighted by Crippen LogP contribution is 2.33. The van der Waals surface area contributed by atoms with Crippen molar-refractivity contribution in [2.45, 2.75) is 19.0 Å². The van der Waals surface area contributed by atoms with Gasteiger partial charge in [0.05, 0.1) is 20.3 Å². The van der Waals surface area contributed by atoms with Crippen LogP contribution in [0.3, 0.4) is 0 Å². The van der Waals surface area contributed by atoms with Crippen molar-refractivity contribution in [3.8, 4) is 11.5 Å². The molecule has 0 aliphatic carbocycles. The largest absolute Gasteiger partial charge is 0.493 e. The van der Waals surface area contributed by atoms with Gasteiger partial charge in [0.15, 0.2) is 11.5 Å². The number of hydrogen-bond acceptors (Lipinski definition) is 4. The van der Waals surface area contributed by atoms with E-state index in [1.807, 2.05) is 42.5 Å². The van der Waals surface area contributed by atoms with E-state index in [0.29, 0.717) is 24.5 Å². The average Bonchev–Trinajstić information content (AvgIpc) is 2.60. The van der Waals surface area contributed by atoms with E-state index in [4.69, 9.17) is 15.2 Å². The van der Waals surface area contributed by atoms with Gasteiger partial charge in [-0.3, -0.25) is 4.79 Å². The lowest BCUT2D eigenvalue weighted by Gasteiger charge is -2.15. The minimum Gasteiger partial charge on any atom is -0.493 e. The fourth-order valence-corrected chi connectivity index (χ4v) is 2.77. The van der Waals surface area contributed by atoms with Crippen LogP contribution >= 0.6 is 15.9 Å². The summed E-state index contributed by atoms with van der Waals surface area (Å²) in [4.78, 5) is 12.2. The van der Waals surface area contributed by atoms with Gasteiger partial charge in [-0.25, -0.2) is 0 Å². The molecular formula is C18H21BrN2O3. The number of ether oxygens (including phenoxy) is 2. The van der Waals surface area contributed by atoms with Crippen LogP contribution in [0.1, 0.15) is 11.1 Å². The number of rotatable bonds is 7. The number of halogens is 1. The van der Waals surface area contributed by atoms with Crippen molar-refractivity contribution in [3.05, 3.63) is 58.1 Å². The molecule has 0 spiro atoms. The molecule has 0 aliphatic heterocycles. The zero-order valence-corrected chi connectivity index (χ0v) is 15.3. The Morgan fingerprint density at radius 1 is 1.17 bits per heavy atom. The predicted octanol–water partition coefficient (Wildman–Crippen LogP) is 2.65. The Hall–Kier alpha value is -2.05. The van der Waals surface area contributed by atoms with Crippen LogP contribution in [0.4, 0.5) is 0 Å². The fourth-order valence-electron chi connectivity index (χ4n) is 2.31. The van der Waals surface area contributed by atoms with Crippen molar-refractivity contribution < 1.29 is 14.3 Å². The average molecular weight is 393 g/mol. The van der Waals surface area contributed by atoms with Gasteiger partial charge >= 0.3 is 0 Å².